The van der Waals surface area contributed by atoms with Gasteiger partial charge in [-0.05, 0) is 13.0 Å². The molecule has 13 heavy (non-hydrogen) atoms. The summed E-state index contributed by atoms with van der Waals surface area (Å²) in [5.41, 5.74) is 0.590. The van der Waals surface area contributed by atoms with Crippen molar-refractivity contribution in [2.45, 2.75) is 12.5 Å². The van der Waals surface area contributed by atoms with Gasteiger partial charge in [-0.2, -0.15) is 5.10 Å². The van der Waals surface area contributed by atoms with Crippen molar-refractivity contribution in [2.24, 2.45) is 0 Å². The van der Waals surface area contributed by atoms with Crippen LogP contribution in [0.2, 0.25) is 0 Å². The first-order valence-corrected chi connectivity index (χ1v) is 4.36. The molecule has 1 aliphatic heterocycles. The van der Waals surface area contributed by atoms with Crippen molar-refractivity contribution >= 4 is 5.91 Å². The quantitative estimate of drug-likeness (QED) is 0.574. The summed E-state index contributed by atoms with van der Waals surface area (Å²) >= 11 is 0. The summed E-state index contributed by atoms with van der Waals surface area (Å²) in [4.78, 5) is 11.5. The van der Waals surface area contributed by atoms with Gasteiger partial charge in [-0.3, -0.25) is 9.89 Å². The smallest absolute Gasteiger partial charge is 0.254 e. The van der Waals surface area contributed by atoms with Crippen LogP contribution in [0.25, 0.3) is 0 Å². The summed E-state index contributed by atoms with van der Waals surface area (Å²) in [6.07, 6.45) is 4.12. The minimum Gasteiger partial charge on any atom is -0.348 e. The summed E-state index contributed by atoms with van der Waals surface area (Å²) in [7, 11) is 0. The molecule has 0 spiro atoms. The van der Waals surface area contributed by atoms with Gasteiger partial charge in [-0.15, -0.1) is 0 Å². The van der Waals surface area contributed by atoms with Gasteiger partial charge in [0.25, 0.3) is 5.91 Å². The summed E-state index contributed by atoms with van der Waals surface area (Å²) in [6.45, 7) is 1.85. The lowest BCUT2D eigenvalue weighted by Gasteiger charge is -2.09. The van der Waals surface area contributed by atoms with Gasteiger partial charge in [0.1, 0.15) is 0 Å². The first kappa shape index (κ1) is 8.25. The number of hydrogen-bond acceptors (Lipinski definition) is 3. The largest absolute Gasteiger partial charge is 0.348 e. The van der Waals surface area contributed by atoms with E-state index in [-0.39, 0.29) is 11.9 Å². The fraction of sp³-hybridized carbons (Fsp3) is 0.500. The molecular weight excluding hydrogens is 168 g/mol. The fourth-order valence-corrected chi connectivity index (χ4v) is 1.42. The van der Waals surface area contributed by atoms with E-state index in [1.807, 2.05) is 0 Å². The van der Waals surface area contributed by atoms with E-state index >= 15 is 0 Å². The molecule has 2 rings (SSSR count). The molecule has 70 valence electrons. The maximum Gasteiger partial charge on any atom is 0.254 e. The van der Waals surface area contributed by atoms with Crippen molar-refractivity contribution in [2.75, 3.05) is 13.1 Å². The minimum atomic E-state index is -0.0533. The Morgan fingerprint density at radius 3 is 3.23 bits per heavy atom. The Balaban J connectivity index is 1.91. The van der Waals surface area contributed by atoms with E-state index in [4.69, 9.17) is 0 Å². The average molecular weight is 180 g/mol. The van der Waals surface area contributed by atoms with Gasteiger partial charge in [-0.1, -0.05) is 0 Å². The highest BCUT2D eigenvalue weighted by molar-refractivity contribution is 5.93. The molecule has 1 aliphatic rings. The molecule has 1 fully saturated rings. The number of aromatic nitrogens is 2. The number of nitrogens with one attached hydrogen (secondary N) is 3. The molecule has 0 aliphatic carbocycles. The van der Waals surface area contributed by atoms with Crippen molar-refractivity contribution in [1.29, 1.82) is 0 Å². The van der Waals surface area contributed by atoms with Crippen molar-refractivity contribution in [3.8, 4) is 0 Å². The molecule has 1 amide bonds. The Hall–Kier alpha value is -1.36. The van der Waals surface area contributed by atoms with E-state index in [1.165, 1.54) is 6.20 Å². The molecule has 1 aromatic heterocycles. The fourth-order valence-electron chi connectivity index (χ4n) is 1.42. The van der Waals surface area contributed by atoms with Gasteiger partial charge in [0.05, 0.1) is 11.8 Å². The Morgan fingerprint density at radius 1 is 1.69 bits per heavy atom. The molecule has 1 aromatic rings. The van der Waals surface area contributed by atoms with Gasteiger partial charge in [0, 0.05) is 18.8 Å². The lowest BCUT2D eigenvalue weighted by molar-refractivity contribution is 0.0940. The second kappa shape index (κ2) is 3.57. The van der Waals surface area contributed by atoms with E-state index in [1.54, 1.807) is 6.20 Å². The van der Waals surface area contributed by atoms with Crippen LogP contribution in [0.5, 0.6) is 0 Å². The number of rotatable bonds is 2. The normalized spacial score (nSPS) is 21.7. The number of aromatic amines is 1. The number of carbonyl (C=O) groups is 1. The van der Waals surface area contributed by atoms with Crippen molar-refractivity contribution in [1.82, 2.24) is 20.8 Å². The molecule has 1 saturated heterocycles. The van der Waals surface area contributed by atoms with Gasteiger partial charge in [-0.25, -0.2) is 0 Å². The number of carbonyl (C=O) groups excluding carboxylic acids is 1. The predicted octanol–water partition coefficient (Wildman–Crippen LogP) is -0.499. The molecule has 0 radical (unpaired) electrons. The second-order valence-electron chi connectivity index (χ2n) is 3.15. The average Bonchev–Trinajstić information content (AvgIpc) is 2.74. The van der Waals surface area contributed by atoms with Crippen LogP contribution >= 0.6 is 0 Å². The third-order valence-corrected chi connectivity index (χ3v) is 2.16. The van der Waals surface area contributed by atoms with Gasteiger partial charge in [0.15, 0.2) is 0 Å². The van der Waals surface area contributed by atoms with Crippen LogP contribution in [-0.2, 0) is 0 Å². The zero-order valence-corrected chi connectivity index (χ0v) is 7.21. The molecule has 5 nitrogen and oxygen atoms in total. The van der Waals surface area contributed by atoms with Crippen LogP contribution in [0.1, 0.15) is 16.8 Å². The number of nitrogens with zero attached hydrogens (tertiary/aromatic N) is 1. The molecule has 1 atom stereocenters. The van der Waals surface area contributed by atoms with E-state index in [2.05, 4.69) is 20.8 Å². The van der Waals surface area contributed by atoms with Crippen molar-refractivity contribution in [3.63, 3.8) is 0 Å². The topological polar surface area (TPSA) is 69.8 Å². The maximum atomic E-state index is 11.5. The van der Waals surface area contributed by atoms with Gasteiger partial charge < -0.3 is 10.6 Å². The van der Waals surface area contributed by atoms with Crippen LogP contribution in [-0.4, -0.2) is 35.2 Å². The lowest BCUT2D eigenvalue weighted by Crippen LogP contribution is -2.35. The predicted molar refractivity (Wildman–Crippen MR) is 47.3 cm³/mol. The van der Waals surface area contributed by atoms with Crippen molar-refractivity contribution < 1.29 is 4.79 Å². The van der Waals surface area contributed by atoms with Gasteiger partial charge in [0.2, 0.25) is 0 Å². The van der Waals surface area contributed by atoms with E-state index in [9.17, 15) is 4.79 Å². The molecular formula is C8H12N4O. The number of H-pyrrole nitrogens is 1. The number of hydrogen-bond donors (Lipinski definition) is 3. The number of amides is 1. The molecule has 0 bridgehead atoms. The van der Waals surface area contributed by atoms with E-state index < -0.39 is 0 Å². The third-order valence-electron chi connectivity index (χ3n) is 2.16. The first-order chi connectivity index (χ1) is 6.36. The van der Waals surface area contributed by atoms with Crippen LogP contribution in [0.4, 0.5) is 0 Å². The standard InChI is InChI=1S/C8H12N4O/c13-8(6-3-10-11-4-6)12-7-1-2-9-5-7/h3-4,7,9H,1-2,5H2,(H,10,11)(H,12,13)/t7-/m0/s1. The minimum absolute atomic E-state index is 0.0533. The highest BCUT2D eigenvalue weighted by Crippen LogP contribution is 2.00. The maximum absolute atomic E-state index is 11.5. The van der Waals surface area contributed by atoms with Crippen LogP contribution in [0, 0.1) is 0 Å². The Labute approximate surface area is 75.9 Å². The zero-order valence-electron chi connectivity index (χ0n) is 7.21. The summed E-state index contributed by atoms with van der Waals surface area (Å²) in [5.74, 6) is -0.0533. The molecule has 0 aromatic carbocycles. The highest BCUT2D eigenvalue weighted by atomic mass is 16.1. The second-order valence-corrected chi connectivity index (χ2v) is 3.15. The SMILES string of the molecule is O=C(N[C@H]1CCNC1)c1cn[nH]c1. The first-order valence-electron chi connectivity index (χ1n) is 4.36. The molecule has 0 saturated carbocycles. The van der Waals surface area contributed by atoms with E-state index in [0.29, 0.717) is 5.56 Å². The highest BCUT2D eigenvalue weighted by Gasteiger charge is 2.17. The van der Waals surface area contributed by atoms with Crippen LogP contribution in [0.15, 0.2) is 12.4 Å². The van der Waals surface area contributed by atoms with E-state index in [0.717, 1.165) is 19.5 Å². The Bertz CT molecular complexity index is 276. The monoisotopic (exact) mass is 180 g/mol. The van der Waals surface area contributed by atoms with Crippen LogP contribution in [0.3, 0.4) is 0 Å². The summed E-state index contributed by atoms with van der Waals surface area (Å²) in [5, 5.41) is 12.4. The van der Waals surface area contributed by atoms with Crippen LogP contribution < -0.4 is 10.6 Å². The van der Waals surface area contributed by atoms with Crippen molar-refractivity contribution in [3.05, 3.63) is 18.0 Å². The summed E-state index contributed by atoms with van der Waals surface area (Å²) in [6, 6.07) is 0.266. The zero-order chi connectivity index (χ0) is 9.10. The third kappa shape index (κ3) is 1.86. The lowest BCUT2D eigenvalue weighted by atomic mass is 10.2. The molecule has 2 heterocycles. The van der Waals surface area contributed by atoms with Gasteiger partial charge >= 0.3 is 0 Å². The molecule has 5 heteroatoms. The summed E-state index contributed by atoms with van der Waals surface area (Å²) < 4.78 is 0. The molecule has 3 N–H and O–H groups in total. The molecule has 0 unspecified atom stereocenters. The Morgan fingerprint density at radius 2 is 2.62 bits per heavy atom. The Kier molecular flexibility index (Phi) is 2.27.